The van der Waals surface area contributed by atoms with Gasteiger partial charge < -0.3 is 5.32 Å². The molecule has 1 atom stereocenters. The van der Waals surface area contributed by atoms with Gasteiger partial charge in [0.1, 0.15) is 5.82 Å². The van der Waals surface area contributed by atoms with Gasteiger partial charge in [-0.2, -0.15) is 0 Å². The fraction of sp³-hybridized carbons (Fsp3) is 0.333. The maximum atomic E-state index is 13.7. The van der Waals surface area contributed by atoms with Crippen molar-refractivity contribution >= 4 is 5.69 Å². The van der Waals surface area contributed by atoms with Gasteiger partial charge in [0.05, 0.1) is 6.04 Å². The van der Waals surface area contributed by atoms with E-state index in [9.17, 15) is 4.39 Å². The molecule has 0 spiro atoms. The van der Waals surface area contributed by atoms with Crippen LogP contribution in [0, 0.1) is 5.82 Å². The van der Waals surface area contributed by atoms with Crippen LogP contribution in [0.5, 0.6) is 0 Å². The molecule has 1 nitrogen and oxygen atoms in total. The van der Waals surface area contributed by atoms with E-state index in [1.165, 1.54) is 11.6 Å². The summed E-state index contributed by atoms with van der Waals surface area (Å²) in [6.45, 7) is 8.54. The van der Waals surface area contributed by atoms with Crippen molar-refractivity contribution in [1.29, 1.82) is 0 Å². The number of rotatable bonds is 3. The van der Waals surface area contributed by atoms with Crippen molar-refractivity contribution in [3.8, 4) is 0 Å². The molecule has 2 aromatic carbocycles. The third kappa shape index (κ3) is 3.38. The Balaban J connectivity index is 2.13. The Morgan fingerprint density at radius 2 is 1.55 bits per heavy atom. The highest BCUT2D eigenvalue weighted by Crippen LogP contribution is 2.26. The number of benzene rings is 2. The summed E-state index contributed by atoms with van der Waals surface area (Å²) in [5.41, 5.74) is 3.14. The minimum atomic E-state index is -0.168. The first-order chi connectivity index (χ1) is 9.38. The summed E-state index contributed by atoms with van der Waals surface area (Å²) in [5.74, 6) is -0.168. The maximum absolute atomic E-state index is 13.7. The number of anilines is 1. The molecule has 1 unspecified atom stereocenters. The Hall–Kier alpha value is -1.83. The Bertz CT molecular complexity index is 567. The van der Waals surface area contributed by atoms with Gasteiger partial charge in [0.2, 0.25) is 0 Å². The minimum Gasteiger partial charge on any atom is -0.378 e. The molecule has 0 saturated carbocycles. The third-order valence-electron chi connectivity index (χ3n) is 3.51. The van der Waals surface area contributed by atoms with Crippen molar-refractivity contribution in [2.75, 3.05) is 5.32 Å². The van der Waals surface area contributed by atoms with Gasteiger partial charge >= 0.3 is 0 Å². The predicted octanol–water partition coefficient (Wildman–Crippen LogP) is 5.30. The summed E-state index contributed by atoms with van der Waals surface area (Å²) in [6.07, 6.45) is 0. The van der Waals surface area contributed by atoms with E-state index in [0.717, 1.165) is 5.69 Å². The fourth-order valence-corrected chi connectivity index (χ4v) is 2.22. The quantitative estimate of drug-likeness (QED) is 0.799. The van der Waals surface area contributed by atoms with Crippen LogP contribution in [0.4, 0.5) is 10.1 Å². The Morgan fingerprint density at radius 3 is 2.10 bits per heavy atom. The van der Waals surface area contributed by atoms with Crippen molar-refractivity contribution in [3.05, 3.63) is 65.5 Å². The lowest BCUT2D eigenvalue weighted by Crippen LogP contribution is -2.12. The molecule has 1 N–H and O–H groups in total. The molecule has 2 rings (SSSR count). The monoisotopic (exact) mass is 271 g/mol. The maximum Gasteiger partial charge on any atom is 0.128 e. The zero-order valence-electron chi connectivity index (χ0n) is 12.6. The average Bonchev–Trinajstić information content (AvgIpc) is 2.38. The molecule has 0 aliphatic carbocycles. The molecule has 0 radical (unpaired) electrons. The van der Waals surface area contributed by atoms with Gasteiger partial charge in [-0.1, -0.05) is 51.1 Å². The molecule has 0 aliphatic heterocycles. The first-order valence-corrected chi connectivity index (χ1v) is 6.99. The topological polar surface area (TPSA) is 12.0 Å². The van der Waals surface area contributed by atoms with Crippen LogP contribution in [0.3, 0.4) is 0 Å². The van der Waals surface area contributed by atoms with E-state index in [0.29, 0.717) is 5.56 Å². The Kier molecular flexibility index (Phi) is 4.12. The second-order valence-corrected chi connectivity index (χ2v) is 6.21. The van der Waals surface area contributed by atoms with Gasteiger partial charge in [0, 0.05) is 11.3 Å². The van der Waals surface area contributed by atoms with E-state index < -0.39 is 0 Å². The van der Waals surface area contributed by atoms with Crippen LogP contribution in [-0.2, 0) is 5.41 Å². The van der Waals surface area contributed by atoms with Gasteiger partial charge in [0.15, 0.2) is 0 Å². The summed E-state index contributed by atoms with van der Waals surface area (Å²) in [6, 6.07) is 15.2. The van der Waals surface area contributed by atoms with Crippen molar-refractivity contribution in [2.24, 2.45) is 0 Å². The number of nitrogens with one attached hydrogen (secondary N) is 1. The van der Waals surface area contributed by atoms with Crippen molar-refractivity contribution < 1.29 is 4.39 Å². The van der Waals surface area contributed by atoms with Crippen LogP contribution in [0.2, 0.25) is 0 Å². The highest BCUT2D eigenvalue weighted by Gasteiger charge is 2.14. The molecule has 0 amide bonds. The van der Waals surface area contributed by atoms with E-state index in [1.807, 2.05) is 19.1 Å². The van der Waals surface area contributed by atoms with Gasteiger partial charge in [-0.05, 0) is 36.1 Å². The fourth-order valence-electron chi connectivity index (χ4n) is 2.22. The molecule has 2 aromatic rings. The minimum absolute atomic E-state index is 0.0586. The first kappa shape index (κ1) is 14.6. The summed E-state index contributed by atoms with van der Waals surface area (Å²) in [7, 11) is 0. The molecule has 106 valence electrons. The molecule has 0 heterocycles. The zero-order valence-corrected chi connectivity index (χ0v) is 12.6. The van der Waals surface area contributed by atoms with Crippen LogP contribution in [0.25, 0.3) is 0 Å². The third-order valence-corrected chi connectivity index (χ3v) is 3.51. The van der Waals surface area contributed by atoms with Gasteiger partial charge in [-0.3, -0.25) is 0 Å². The largest absolute Gasteiger partial charge is 0.378 e. The molecule has 2 heteroatoms. The number of hydrogen-bond acceptors (Lipinski definition) is 1. The Labute approximate surface area is 120 Å². The van der Waals surface area contributed by atoms with Crippen molar-refractivity contribution in [3.63, 3.8) is 0 Å². The van der Waals surface area contributed by atoms with Crippen LogP contribution in [-0.4, -0.2) is 0 Å². The van der Waals surface area contributed by atoms with Crippen LogP contribution in [0.1, 0.15) is 44.9 Å². The van der Waals surface area contributed by atoms with Crippen molar-refractivity contribution in [2.45, 2.75) is 39.2 Å². The smallest absolute Gasteiger partial charge is 0.128 e. The summed E-state index contributed by atoms with van der Waals surface area (Å²) in [4.78, 5) is 0. The number of halogens is 1. The van der Waals surface area contributed by atoms with Crippen LogP contribution in [0.15, 0.2) is 48.5 Å². The summed E-state index contributed by atoms with van der Waals surface area (Å²) in [5, 5.41) is 3.34. The van der Waals surface area contributed by atoms with Gasteiger partial charge in [0.25, 0.3) is 0 Å². The van der Waals surface area contributed by atoms with Gasteiger partial charge in [-0.25, -0.2) is 4.39 Å². The van der Waals surface area contributed by atoms with E-state index in [4.69, 9.17) is 0 Å². The molecular weight excluding hydrogens is 249 g/mol. The van der Waals surface area contributed by atoms with E-state index >= 15 is 0 Å². The lowest BCUT2D eigenvalue weighted by molar-refractivity contribution is 0.590. The number of hydrogen-bond donors (Lipinski definition) is 1. The molecule has 0 fully saturated rings. The average molecular weight is 271 g/mol. The van der Waals surface area contributed by atoms with Crippen LogP contribution < -0.4 is 5.32 Å². The predicted molar refractivity (Wildman–Crippen MR) is 83.6 cm³/mol. The molecule has 0 aliphatic rings. The van der Waals surface area contributed by atoms with E-state index in [1.54, 1.807) is 6.07 Å². The lowest BCUT2D eigenvalue weighted by Gasteiger charge is -2.21. The highest BCUT2D eigenvalue weighted by atomic mass is 19.1. The molecule has 0 bridgehead atoms. The molecular formula is C18H22FN. The van der Waals surface area contributed by atoms with Crippen molar-refractivity contribution in [1.82, 2.24) is 0 Å². The van der Waals surface area contributed by atoms with Gasteiger partial charge in [-0.15, -0.1) is 0 Å². The highest BCUT2D eigenvalue weighted by molar-refractivity contribution is 5.47. The molecule has 0 aromatic heterocycles. The summed E-state index contributed by atoms with van der Waals surface area (Å²) < 4.78 is 13.7. The summed E-state index contributed by atoms with van der Waals surface area (Å²) >= 11 is 0. The normalized spacial score (nSPS) is 13.1. The second-order valence-electron chi connectivity index (χ2n) is 6.21. The molecule has 0 saturated heterocycles. The van der Waals surface area contributed by atoms with E-state index in [-0.39, 0.29) is 17.3 Å². The standard InChI is InChI=1S/C18H22FN/c1-13(16-7-5-6-8-17(16)19)20-15-11-9-14(10-12-15)18(2,3)4/h5-13,20H,1-4H3. The second kappa shape index (κ2) is 5.66. The SMILES string of the molecule is CC(Nc1ccc(C(C)(C)C)cc1)c1ccccc1F. The first-order valence-electron chi connectivity index (χ1n) is 6.99. The Morgan fingerprint density at radius 1 is 0.950 bits per heavy atom. The van der Waals surface area contributed by atoms with Crippen LogP contribution >= 0.6 is 0 Å². The van der Waals surface area contributed by atoms with E-state index in [2.05, 4.69) is 50.4 Å². The zero-order chi connectivity index (χ0) is 14.8. The molecule has 20 heavy (non-hydrogen) atoms. The lowest BCUT2D eigenvalue weighted by atomic mass is 9.87.